The van der Waals surface area contributed by atoms with Crippen molar-refractivity contribution in [1.82, 2.24) is 20.4 Å². The Morgan fingerprint density at radius 2 is 1.72 bits per heavy atom. The van der Waals surface area contributed by atoms with Crippen LogP contribution in [0, 0.1) is 11.8 Å². The Bertz CT molecular complexity index is 466. The van der Waals surface area contributed by atoms with Crippen molar-refractivity contribution in [1.29, 1.82) is 0 Å². The first kappa shape index (κ1) is 22.8. The highest BCUT2D eigenvalue weighted by atomic mass is 16.5. The summed E-state index contributed by atoms with van der Waals surface area (Å²) >= 11 is 0. The van der Waals surface area contributed by atoms with Crippen LogP contribution in [-0.4, -0.2) is 87.4 Å². The molecule has 1 unspecified atom stereocenters. The van der Waals surface area contributed by atoms with E-state index in [0.29, 0.717) is 12.0 Å². The monoisotopic (exact) mass is 407 g/mol. The smallest absolute Gasteiger partial charge is 0.191 e. The summed E-state index contributed by atoms with van der Waals surface area (Å²) in [6.45, 7) is 15.1. The van der Waals surface area contributed by atoms with Crippen LogP contribution in [0.2, 0.25) is 0 Å². The fourth-order valence-corrected chi connectivity index (χ4v) is 5.04. The standard InChI is InChI=1S/C23H45N5O/c1-3-24-23(25-17-20(2)18-28-13-15-29-16-14-28)26-22-9-11-27(12-10-22)19-21-7-5-4-6-8-21/h20-22H,3-19H2,1-2H3,(H2,24,25,26). The number of piperidine rings is 1. The molecule has 6 nitrogen and oxygen atoms in total. The van der Waals surface area contributed by atoms with Gasteiger partial charge in [-0.05, 0) is 44.4 Å². The number of aliphatic imine (C=N–C) groups is 1. The summed E-state index contributed by atoms with van der Waals surface area (Å²) in [5.41, 5.74) is 0. The summed E-state index contributed by atoms with van der Waals surface area (Å²) in [6, 6.07) is 0.560. The zero-order chi connectivity index (χ0) is 20.3. The Hall–Kier alpha value is -0.850. The molecule has 0 bridgehead atoms. The van der Waals surface area contributed by atoms with Crippen LogP contribution in [0.1, 0.15) is 58.8 Å². The average molecular weight is 408 g/mol. The number of nitrogens with one attached hydrogen (secondary N) is 2. The lowest BCUT2D eigenvalue weighted by molar-refractivity contribution is 0.0323. The van der Waals surface area contributed by atoms with Gasteiger partial charge >= 0.3 is 0 Å². The van der Waals surface area contributed by atoms with Crippen LogP contribution in [-0.2, 0) is 4.74 Å². The number of likely N-dealkylation sites (tertiary alicyclic amines) is 1. The predicted octanol–water partition coefficient (Wildman–Crippen LogP) is 2.55. The van der Waals surface area contributed by atoms with Crippen LogP contribution in [0.3, 0.4) is 0 Å². The molecule has 0 amide bonds. The van der Waals surface area contributed by atoms with Crippen molar-refractivity contribution < 1.29 is 4.74 Å². The second-order valence-electron chi connectivity index (χ2n) is 9.46. The molecule has 2 heterocycles. The van der Waals surface area contributed by atoms with Crippen molar-refractivity contribution in [3.63, 3.8) is 0 Å². The third-order valence-corrected chi connectivity index (χ3v) is 6.75. The van der Waals surface area contributed by atoms with Gasteiger partial charge in [0.25, 0.3) is 0 Å². The number of ether oxygens (including phenoxy) is 1. The maximum atomic E-state index is 5.45. The Kier molecular flexibility index (Phi) is 10.0. The second-order valence-corrected chi connectivity index (χ2v) is 9.46. The molecule has 6 heteroatoms. The fourth-order valence-electron chi connectivity index (χ4n) is 5.04. The van der Waals surface area contributed by atoms with E-state index >= 15 is 0 Å². The van der Waals surface area contributed by atoms with Crippen molar-refractivity contribution >= 4 is 5.96 Å². The summed E-state index contributed by atoms with van der Waals surface area (Å²) in [4.78, 5) is 10.1. The highest BCUT2D eigenvalue weighted by Gasteiger charge is 2.23. The van der Waals surface area contributed by atoms with Crippen LogP contribution in [0.15, 0.2) is 4.99 Å². The van der Waals surface area contributed by atoms with E-state index in [0.717, 1.165) is 57.8 Å². The zero-order valence-electron chi connectivity index (χ0n) is 19.0. The van der Waals surface area contributed by atoms with Gasteiger partial charge in [-0.15, -0.1) is 0 Å². The average Bonchev–Trinajstić information content (AvgIpc) is 2.75. The van der Waals surface area contributed by atoms with E-state index in [-0.39, 0.29) is 0 Å². The maximum absolute atomic E-state index is 5.45. The lowest BCUT2D eigenvalue weighted by Crippen LogP contribution is -2.49. The zero-order valence-corrected chi connectivity index (χ0v) is 19.0. The summed E-state index contributed by atoms with van der Waals surface area (Å²) in [5.74, 6) is 2.54. The largest absolute Gasteiger partial charge is 0.379 e. The van der Waals surface area contributed by atoms with E-state index in [1.165, 1.54) is 64.6 Å². The minimum absolute atomic E-state index is 0.560. The first-order chi connectivity index (χ1) is 14.2. The molecule has 2 N–H and O–H groups in total. The Morgan fingerprint density at radius 3 is 2.41 bits per heavy atom. The molecule has 1 saturated carbocycles. The first-order valence-corrected chi connectivity index (χ1v) is 12.3. The number of hydrogen-bond acceptors (Lipinski definition) is 4. The molecule has 1 aliphatic carbocycles. The molecule has 3 fully saturated rings. The highest BCUT2D eigenvalue weighted by molar-refractivity contribution is 5.80. The van der Waals surface area contributed by atoms with Crippen molar-refractivity contribution in [3.8, 4) is 0 Å². The van der Waals surface area contributed by atoms with Crippen LogP contribution in [0.25, 0.3) is 0 Å². The summed E-state index contributed by atoms with van der Waals surface area (Å²) in [5, 5.41) is 7.18. The van der Waals surface area contributed by atoms with E-state index in [9.17, 15) is 0 Å². The molecule has 3 rings (SSSR count). The molecule has 1 atom stereocenters. The number of nitrogens with zero attached hydrogens (tertiary/aromatic N) is 3. The van der Waals surface area contributed by atoms with E-state index in [4.69, 9.17) is 9.73 Å². The van der Waals surface area contributed by atoms with Crippen molar-refractivity contribution in [2.45, 2.75) is 64.8 Å². The van der Waals surface area contributed by atoms with Crippen molar-refractivity contribution in [3.05, 3.63) is 0 Å². The van der Waals surface area contributed by atoms with Gasteiger partial charge in [0.05, 0.1) is 13.2 Å². The molecule has 2 aliphatic heterocycles. The summed E-state index contributed by atoms with van der Waals surface area (Å²) < 4.78 is 5.45. The van der Waals surface area contributed by atoms with E-state index in [1.807, 2.05) is 0 Å². The molecule has 2 saturated heterocycles. The van der Waals surface area contributed by atoms with Gasteiger partial charge in [0.2, 0.25) is 0 Å². The number of guanidine groups is 1. The molecular weight excluding hydrogens is 362 g/mol. The van der Waals surface area contributed by atoms with E-state index in [2.05, 4.69) is 34.3 Å². The Morgan fingerprint density at radius 1 is 1.00 bits per heavy atom. The molecule has 0 aromatic carbocycles. The maximum Gasteiger partial charge on any atom is 0.191 e. The molecule has 0 aromatic heterocycles. The second kappa shape index (κ2) is 12.8. The van der Waals surface area contributed by atoms with Gasteiger partial charge in [0.15, 0.2) is 5.96 Å². The minimum Gasteiger partial charge on any atom is -0.379 e. The van der Waals surface area contributed by atoms with Gasteiger partial charge < -0.3 is 20.3 Å². The van der Waals surface area contributed by atoms with Crippen LogP contribution < -0.4 is 10.6 Å². The molecular formula is C23H45N5O. The Balaban J connectivity index is 1.37. The normalized spacial score (nSPS) is 25.1. The van der Waals surface area contributed by atoms with E-state index in [1.54, 1.807) is 0 Å². The van der Waals surface area contributed by atoms with Gasteiger partial charge in [-0.3, -0.25) is 9.89 Å². The molecule has 0 radical (unpaired) electrons. The van der Waals surface area contributed by atoms with Crippen molar-refractivity contribution in [2.75, 3.05) is 65.6 Å². The lowest BCUT2D eigenvalue weighted by atomic mass is 9.88. The lowest BCUT2D eigenvalue weighted by Gasteiger charge is -2.36. The summed E-state index contributed by atoms with van der Waals surface area (Å²) in [7, 11) is 0. The SMILES string of the molecule is CCNC(=NCC(C)CN1CCOCC1)NC1CCN(CC2CCCCC2)CC1. The fraction of sp³-hybridized carbons (Fsp3) is 0.957. The van der Waals surface area contributed by atoms with Gasteiger partial charge in [-0.2, -0.15) is 0 Å². The van der Waals surface area contributed by atoms with E-state index < -0.39 is 0 Å². The molecule has 0 spiro atoms. The highest BCUT2D eigenvalue weighted by Crippen LogP contribution is 2.25. The molecule has 168 valence electrons. The molecule has 29 heavy (non-hydrogen) atoms. The first-order valence-electron chi connectivity index (χ1n) is 12.3. The topological polar surface area (TPSA) is 52.1 Å². The van der Waals surface area contributed by atoms with Crippen molar-refractivity contribution in [2.24, 2.45) is 16.8 Å². The Labute approximate surface area is 178 Å². The quantitative estimate of drug-likeness (QED) is 0.478. The third kappa shape index (κ3) is 8.42. The molecule has 3 aliphatic rings. The minimum atomic E-state index is 0.560. The van der Waals surface area contributed by atoms with Gasteiger partial charge in [-0.1, -0.05) is 26.2 Å². The van der Waals surface area contributed by atoms with Gasteiger partial charge in [-0.25, -0.2) is 0 Å². The number of morpholine rings is 1. The van der Waals surface area contributed by atoms with Crippen LogP contribution >= 0.6 is 0 Å². The number of rotatable bonds is 8. The van der Waals surface area contributed by atoms with Gasteiger partial charge in [0, 0.05) is 58.4 Å². The summed E-state index contributed by atoms with van der Waals surface area (Å²) in [6.07, 6.45) is 9.75. The van der Waals surface area contributed by atoms with Gasteiger partial charge in [0.1, 0.15) is 0 Å². The number of hydrogen-bond donors (Lipinski definition) is 2. The molecule has 0 aromatic rings. The predicted molar refractivity (Wildman–Crippen MR) is 122 cm³/mol. The third-order valence-electron chi connectivity index (χ3n) is 6.75. The van der Waals surface area contributed by atoms with Crippen LogP contribution in [0.4, 0.5) is 0 Å². The van der Waals surface area contributed by atoms with Crippen LogP contribution in [0.5, 0.6) is 0 Å².